The monoisotopic (exact) mass is 408 g/mol. The van der Waals surface area contributed by atoms with E-state index in [1.54, 1.807) is 4.90 Å². The van der Waals surface area contributed by atoms with Gasteiger partial charge in [-0.15, -0.1) is 0 Å². The number of carbonyl (C=O) groups is 1. The number of carbonyl (C=O) groups excluding carboxylic acids is 1. The Labute approximate surface area is 176 Å². The average molecular weight is 409 g/mol. The average Bonchev–Trinajstić information content (AvgIpc) is 3.23. The standard InChI is InChI=1S/C23H28N4O3/c1-16(2)30-25-23(28)26-13-10-20(11-14-26)29-19-6-4-18(5-7-19)21-8-9-22-24-12-15-27(22)17(21)3/h4-9,12,15-16,20H,10-11,13-14H2,1-3H3,(H,25,28). The van der Waals surface area contributed by atoms with Crippen LogP contribution in [0.25, 0.3) is 16.8 Å². The van der Waals surface area contributed by atoms with E-state index in [0.29, 0.717) is 13.1 Å². The van der Waals surface area contributed by atoms with Crippen LogP contribution in [-0.2, 0) is 4.84 Å². The number of amides is 2. The Morgan fingerprint density at radius 2 is 1.87 bits per heavy atom. The molecule has 1 aliphatic rings. The fourth-order valence-corrected chi connectivity index (χ4v) is 3.75. The number of ether oxygens (including phenoxy) is 1. The van der Waals surface area contributed by atoms with Crippen molar-refractivity contribution in [2.75, 3.05) is 13.1 Å². The highest BCUT2D eigenvalue weighted by atomic mass is 16.7. The number of fused-ring (bicyclic) bond motifs is 1. The number of imidazole rings is 1. The minimum absolute atomic E-state index is 0.0385. The van der Waals surface area contributed by atoms with Gasteiger partial charge in [0.15, 0.2) is 0 Å². The van der Waals surface area contributed by atoms with Crippen LogP contribution >= 0.6 is 0 Å². The molecule has 0 saturated carbocycles. The van der Waals surface area contributed by atoms with E-state index in [2.05, 4.69) is 40.0 Å². The topological polar surface area (TPSA) is 68.1 Å². The molecule has 1 fully saturated rings. The lowest BCUT2D eigenvalue weighted by molar-refractivity contribution is 0.00228. The Hall–Kier alpha value is -3.06. The second-order valence-corrected chi connectivity index (χ2v) is 7.89. The zero-order valence-corrected chi connectivity index (χ0v) is 17.7. The minimum Gasteiger partial charge on any atom is -0.490 e. The molecule has 0 aliphatic carbocycles. The first kappa shape index (κ1) is 20.2. The number of benzene rings is 1. The summed E-state index contributed by atoms with van der Waals surface area (Å²) < 4.78 is 8.25. The number of urea groups is 1. The molecule has 2 aromatic heterocycles. The first-order valence-corrected chi connectivity index (χ1v) is 10.4. The fourth-order valence-electron chi connectivity index (χ4n) is 3.75. The Balaban J connectivity index is 1.34. The molecule has 0 radical (unpaired) electrons. The molecule has 1 saturated heterocycles. The van der Waals surface area contributed by atoms with E-state index >= 15 is 0 Å². The summed E-state index contributed by atoms with van der Waals surface area (Å²) in [6, 6.07) is 12.2. The van der Waals surface area contributed by atoms with Crippen molar-refractivity contribution in [1.29, 1.82) is 0 Å². The van der Waals surface area contributed by atoms with Crippen molar-refractivity contribution in [3.8, 4) is 16.9 Å². The predicted molar refractivity (Wildman–Crippen MR) is 115 cm³/mol. The largest absolute Gasteiger partial charge is 0.490 e. The zero-order valence-electron chi connectivity index (χ0n) is 17.7. The molecule has 0 atom stereocenters. The van der Waals surface area contributed by atoms with Gasteiger partial charge in [-0.05, 0) is 50.6 Å². The zero-order chi connectivity index (χ0) is 21.1. The molecule has 30 heavy (non-hydrogen) atoms. The van der Waals surface area contributed by atoms with Crippen LogP contribution in [0, 0.1) is 6.92 Å². The number of aromatic nitrogens is 2. The van der Waals surface area contributed by atoms with Crippen LogP contribution in [0.4, 0.5) is 4.79 Å². The maximum atomic E-state index is 12.1. The molecule has 2 amide bonds. The van der Waals surface area contributed by atoms with Gasteiger partial charge in [-0.2, -0.15) is 0 Å². The number of pyridine rings is 1. The van der Waals surface area contributed by atoms with Gasteiger partial charge in [0.25, 0.3) is 0 Å². The third-order valence-electron chi connectivity index (χ3n) is 5.40. The number of rotatable bonds is 5. The summed E-state index contributed by atoms with van der Waals surface area (Å²) in [4.78, 5) is 23.4. The van der Waals surface area contributed by atoms with Gasteiger partial charge < -0.3 is 14.0 Å². The smallest absolute Gasteiger partial charge is 0.341 e. The van der Waals surface area contributed by atoms with Gasteiger partial charge in [-0.25, -0.2) is 15.3 Å². The van der Waals surface area contributed by atoms with Crippen molar-refractivity contribution in [1.82, 2.24) is 19.8 Å². The van der Waals surface area contributed by atoms with E-state index < -0.39 is 0 Å². The molecule has 7 heteroatoms. The van der Waals surface area contributed by atoms with E-state index in [1.165, 1.54) is 5.56 Å². The molecule has 0 bridgehead atoms. The van der Waals surface area contributed by atoms with Crippen LogP contribution in [0.1, 0.15) is 32.4 Å². The molecule has 1 aromatic carbocycles. The highest BCUT2D eigenvalue weighted by molar-refractivity contribution is 5.73. The van der Waals surface area contributed by atoms with E-state index in [4.69, 9.17) is 9.57 Å². The van der Waals surface area contributed by atoms with E-state index in [0.717, 1.165) is 35.5 Å². The number of piperidine rings is 1. The minimum atomic E-state index is -0.184. The van der Waals surface area contributed by atoms with Gasteiger partial charge in [0.2, 0.25) is 0 Å². The van der Waals surface area contributed by atoms with Crippen molar-refractivity contribution in [2.24, 2.45) is 0 Å². The third kappa shape index (κ3) is 4.41. The van der Waals surface area contributed by atoms with Crippen molar-refractivity contribution < 1.29 is 14.4 Å². The predicted octanol–water partition coefficient (Wildman–Crippen LogP) is 4.20. The van der Waals surface area contributed by atoms with Crippen LogP contribution in [0.2, 0.25) is 0 Å². The van der Waals surface area contributed by atoms with Crippen LogP contribution in [0.15, 0.2) is 48.8 Å². The number of hydrogen-bond acceptors (Lipinski definition) is 4. The summed E-state index contributed by atoms with van der Waals surface area (Å²) >= 11 is 0. The van der Waals surface area contributed by atoms with Crippen molar-refractivity contribution in [3.05, 3.63) is 54.5 Å². The van der Waals surface area contributed by atoms with Gasteiger partial charge >= 0.3 is 6.03 Å². The van der Waals surface area contributed by atoms with Gasteiger partial charge in [0, 0.05) is 49.6 Å². The summed E-state index contributed by atoms with van der Waals surface area (Å²) in [5.74, 6) is 0.853. The molecule has 1 aliphatic heterocycles. The van der Waals surface area contributed by atoms with Gasteiger partial charge in [-0.1, -0.05) is 12.1 Å². The first-order chi connectivity index (χ1) is 14.5. The van der Waals surface area contributed by atoms with Gasteiger partial charge in [0.1, 0.15) is 17.5 Å². The second-order valence-electron chi connectivity index (χ2n) is 7.89. The highest BCUT2D eigenvalue weighted by Crippen LogP contribution is 2.27. The number of nitrogens with zero attached hydrogens (tertiary/aromatic N) is 3. The second kappa shape index (κ2) is 8.75. The third-order valence-corrected chi connectivity index (χ3v) is 5.40. The number of hydrogen-bond donors (Lipinski definition) is 1. The first-order valence-electron chi connectivity index (χ1n) is 10.4. The Morgan fingerprint density at radius 1 is 1.13 bits per heavy atom. The Kier molecular flexibility index (Phi) is 5.90. The Morgan fingerprint density at radius 3 is 2.57 bits per heavy atom. The molecule has 3 heterocycles. The SMILES string of the molecule is Cc1c(-c2ccc(OC3CCN(C(=O)NOC(C)C)CC3)cc2)ccc2nccn12. The maximum Gasteiger partial charge on any atom is 0.341 e. The maximum absolute atomic E-state index is 12.1. The molecule has 3 aromatic rings. The number of aryl methyl sites for hydroxylation is 1. The van der Waals surface area contributed by atoms with Crippen LogP contribution in [0.5, 0.6) is 5.75 Å². The summed E-state index contributed by atoms with van der Waals surface area (Å²) in [6.07, 6.45) is 5.46. The lowest BCUT2D eigenvalue weighted by atomic mass is 10.0. The molecule has 7 nitrogen and oxygen atoms in total. The van der Waals surface area contributed by atoms with Crippen molar-refractivity contribution >= 4 is 11.7 Å². The number of nitrogens with one attached hydrogen (secondary N) is 1. The molecule has 1 N–H and O–H groups in total. The quantitative estimate of drug-likeness (QED) is 0.643. The lowest BCUT2D eigenvalue weighted by Crippen LogP contribution is -2.46. The van der Waals surface area contributed by atoms with E-state index in [9.17, 15) is 4.79 Å². The van der Waals surface area contributed by atoms with Crippen LogP contribution in [0.3, 0.4) is 0 Å². The fraction of sp³-hybridized carbons (Fsp3) is 0.391. The molecule has 0 spiro atoms. The molecule has 158 valence electrons. The summed E-state index contributed by atoms with van der Waals surface area (Å²) in [5, 5.41) is 0. The van der Waals surface area contributed by atoms with Crippen LogP contribution < -0.4 is 10.2 Å². The Bertz CT molecular complexity index is 1000. The summed E-state index contributed by atoms with van der Waals surface area (Å²) in [6.45, 7) is 7.16. The van der Waals surface area contributed by atoms with Crippen LogP contribution in [-0.4, -0.2) is 45.6 Å². The van der Waals surface area contributed by atoms with Crippen molar-refractivity contribution in [3.63, 3.8) is 0 Å². The van der Waals surface area contributed by atoms with Crippen molar-refractivity contribution in [2.45, 2.75) is 45.8 Å². The molecular weight excluding hydrogens is 380 g/mol. The van der Waals surface area contributed by atoms with Gasteiger partial charge in [0.05, 0.1) is 6.10 Å². The number of hydroxylamine groups is 1. The molecule has 0 unspecified atom stereocenters. The molecule has 4 rings (SSSR count). The van der Waals surface area contributed by atoms with Gasteiger partial charge in [-0.3, -0.25) is 4.84 Å². The lowest BCUT2D eigenvalue weighted by Gasteiger charge is -2.32. The van der Waals surface area contributed by atoms with E-state index in [-0.39, 0.29) is 18.2 Å². The molecular formula is C23H28N4O3. The number of likely N-dealkylation sites (tertiary alicyclic amines) is 1. The highest BCUT2D eigenvalue weighted by Gasteiger charge is 2.24. The normalized spacial score (nSPS) is 15.0. The summed E-state index contributed by atoms with van der Waals surface area (Å²) in [7, 11) is 0. The summed E-state index contributed by atoms with van der Waals surface area (Å²) in [5.41, 5.74) is 6.92. The van der Waals surface area contributed by atoms with E-state index in [1.807, 2.05) is 44.4 Å².